The molecule has 1 unspecified atom stereocenters. The number of aromatic hydroxyl groups is 1. The molecule has 0 spiro atoms. The van der Waals surface area contributed by atoms with Crippen LogP contribution < -0.4 is 4.90 Å². The number of nitrogens with zero attached hydrogens (tertiary/aromatic N) is 3. The molecule has 6 heteroatoms. The molecule has 4 rings (SSSR count). The van der Waals surface area contributed by atoms with Crippen LogP contribution in [0.25, 0.3) is 0 Å². The fraction of sp³-hybridized carbons (Fsp3) is 0.217. The van der Waals surface area contributed by atoms with Crippen molar-refractivity contribution >= 4 is 11.4 Å². The van der Waals surface area contributed by atoms with Crippen molar-refractivity contribution in [2.75, 3.05) is 18.0 Å². The van der Waals surface area contributed by atoms with Gasteiger partial charge in [-0.25, -0.2) is 0 Å². The number of phenolic OH excluding ortho intramolecular Hbond substituents is 1. The maximum Gasteiger partial charge on any atom is 0.269 e. The largest absolute Gasteiger partial charge is 0.508 e. The Balaban J connectivity index is 1.74. The van der Waals surface area contributed by atoms with Crippen molar-refractivity contribution in [3.8, 4) is 5.75 Å². The first-order valence-corrected chi connectivity index (χ1v) is 9.61. The summed E-state index contributed by atoms with van der Waals surface area (Å²) in [4.78, 5) is 15.5. The first-order valence-electron chi connectivity index (χ1n) is 9.61. The molecule has 0 amide bonds. The number of anilines is 1. The highest BCUT2D eigenvalue weighted by Crippen LogP contribution is 2.37. The normalized spacial score (nSPS) is 16.9. The Kier molecular flexibility index (Phi) is 5.18. The molecule has 1 fully saturated rings. The highest BCUT2D eigenvalue weighted by molar-refractivity contribution is 5.52. The fourth-order valence-corrected chi connectivity index (χ4v) is 3.97. The molecule has 3 aromatic carbocycles. The molecule has 0 saturated carbocycles. The smallest absolute Gasteiger partial charge is 0.269 e. The maximum atomic E-state index is 11.3. The third-order valence-electron chi connectivity index (χ3n) is 5.35. The van der Waals surface area contributed by atoms with Crippen molar-refractivity contribution in [3.63, 3.8) is 0 Å². The van der Waals surface area contributed by atoms with Crippen LogP contribution in [0.2, 0.25) is 0 Å². The quantitative estimate of drug-likeness (QED) is 0.509. The van der Waals surface area contributed by atoms with E-state index in [4.69, 9.17) is 0 Å². The van der Waals surface area contributed by atoms with Crippen LogP contribution >= 0.6 is 0 Å². The molecule has 0 bridgehead atoms. The first-order chi connectivity index (χ1) is 14.0. The standard InChI is InChI=1S/C23H23N3O3/c1-17-6-4-9-20(14-17)25-13-12-24(16-19-7-2-3-11-22(19)27)23(25)18-8-5-10-21(15-18)26(28)29/h2-11,14-15,23,27H,12-13,16H2,1H3. The van der Waals surface area contributed by atoms with Crippen LogP contribution in [0.4, 0.5) is 11.4 Å². The highest BCUT2D eigenvalue weighted by atomic mass is 16.6. The molecule has 1 aliphatic heterocycles. The summed E-state index contributed by atoms with van der Waals surface area (Å²) in [7, 11) is 0. The predicted octanol–water partition coefficient (Wildman–Crippen LogP) is 4.63. The van der Waals surface area contributed by atoms with Crippen molar-refractivity contribution in [1.29, 1.82) is 0 Å². The van der Waals surface area contributed by atoms with E-state index in [1.807, 2.05) is 24.3 Å². The summed E-state index contributed by atoms with van der Waals surface area (Å²) in [5.41, 5.74) is 4.05. The van der Waals surface area contributed by atoms with Gasteiger partial charge in [-0.3, -0.25) is 15.0 Å². The zero-order valence-corrected chi connectivity index (χ0v) is 16.2. The summed E-state index contributed by atoms with van der Waals surface area (Å²) in [5.74, 6) is 0.263. The van der Waals surface area contributed by atoms with Crippen LogP contribution in [0, 0.1) is 17.0 Å². The second-order valence-electron chi connectivity index (χ2n) is 7.36. The molecule has 1 atom stereocenters. The Morgan fingerprint density at radius 1 is 1.03 bits per heavy atom. The Labute approximate surface area is 169 Å². The summed E-state index contributed by atoms with van der Waals surface area (Å²) < 4.78 is 0. The predicted molar refractivity (Wildman–Crippen MR) is 113 cm³/mol. The third kappa shape index (κ3) is 3.93. The van der Waals surface area contributed by atoms with Gasteiger partial charge < -0.3 is 10.0 Å². The van der Waals surface area contributed by atoms with E-state index in [1.165, 1.54) is 11.6 Å². The van der Waals surface area contributed by atoms with E-state index in [-0.39, 0.29) is 22.5 Å². The Bertz CT molecular complexity index is 1040. The van der Waals surface area contributed by atoms with Gasteiger partial charge in [-0.1, -0.05) is 42.5 Å². The number of aryl methyl sites for hydroxylation is 1. The minimum absolute atomic E-state index is 0.0844. The molecule has 6 nitrogen and oxygen atoms in total. The lowest BCUT2D eigenvalue weighted by molar-refractivity contribution is -0.384. The molecule has 29 heavy (non-hydrogen) atoms. The topological polar surface area (TPSA) is 69.8 Å². The SMILES string of the molecule is Cc1cccc(N2CCN(Cc3ccccc3O)C2c2cccc([N+](=O)[O-])c2)c1. The van der Waals surface area contributed by atoms with Crippen LogP contribution in [0.5, 0.6) is 5.75 Å². The van der Waals surface area contributed by atoms with Crippen molar-refractivity contribution in [3.05, 3.63) is 99.6 Å². The van der Waals surface area contributed by atoms with Gasteiger partial charge in [0, 0.05) is 43.0 Å². The number of nitro benzene ring substituents is 1. The molecule has 1 saturated heterocycles. The van der Waals surface area contributed by atoms with Crippen molar-refractivity contribution in [2.45, 2.75) is 19.6 Å². The van der Waals surface area contributed by atoms with E-state index in [1.54, 1.807) is 24.3 Å². The molecule has 3 aromatic rings. The zero-order valence-electron chi connectivity index (χ0n) is 16.2. The fourth-order valence-electron chi connectivity index (χ4n) is 3.97. The molecule has 1 aliphatic rings. The minimum atomic E-state index is -0.358. The van der Waals surface area contributed by atoms with Crippen LogP contribution in [0.15, 0.2) is 72.8 Å². The number of non-ortho nitro benzene ring substituents is 1. The van der Waals surface area contributed by atoms with E-state index in [9.17, 15) is 15.2 Å². The van der Waals surface area contributed by atoms with E-state index in [0.717, 1.165) is 29.9 Å². The van der Waals surface area contributed by atoms with Gasteiger partial charge in [0.25, 0.3) is 5.69 Å². The number of benzene rings is 3. The number of rotatable bonds is 5. The van der Waals surface area contributed by atoms with Crippen molar-refractivity contribution in [2.24, 2.45) is 0 Å². The Morgan fingerprint density at radius 2 is 1.83 bits per heavy atom. The molecule has 1 N–H and O–H groups in total. The number of hydrogen-bond donors (Lipinski definition) is 1. The highest BCUT2D eigenvalue weighted by Gasteiger charge is 2.34. The van der Waals surface area contributed by atoms with Crippen LogP contribution in [-0.2, 0) is 6.54 Å². The Morgan fingerprint density at radius 3 is 2.59 bits per heavy atom. The van der Waals surface area contributed by atoms with Gasteiger partial charge >= 0.3 is 0 Å². The van der Waals surface area contributed by atoms with E-state index in [0.29, 0.717) is 6.54 Å². The Hall–Kier alpha value is -3.38. The number of para-hydroxylation sites is 1. The van der Waals surface area contributed by atoms with E-state index >= 15 is 0 Å². The molecular weight excluding hydrogens is 366 g/mol. The number of nitro groups is 1. The second-order valence-corrected chi connectivity index (χ2v) is 7.36. The third-order valence-corrected chi connectivity index (χ3v) is 5.35. The van der Waals surface area contributed by atoms with Crippen molar-refractivity contribution in [1.82, 2.24) is 4.90 Å². The van der Waals surface area contributed by atoms with Gasteiger partial charge in [-0.15, -0.1) is 0 Å². The van der Waals surface area contributed by atoms with Gasteiger partial charge in [0.15, 0.2) is 0 Å². The summed E-state index contributed by atoms with van der Waals surface area (Å²) in [6.45, 7) is 4.20. The van der Waals surface area contributed by atoms with Gasteiger partial charge in [0.1, 0.15) is 11.9 Å². The molecule has 0 aromatic heterocycles. The lowest BCUT2D eigenvalue weighted by Gasteiger charge is -2.32. The molecule has 148 valence electrons. The van der Waals surface area contributed by atoms with Crippen molar-refractivity contribution < 1.29 is 10.0 Å². The summed E-state index contributed by atoms with van der Waals surface area (Å²) >= 11 is 0. The molecule has 1 heterocycles. The summed E-state index contributed by atoms with van der Waals surface area (Å²) in [6, 6.07) is 22.4. The molecule has 0 radical (unpaired) electrons. The van der Waals surface area contributed by atoms with E-state index in [2.05, 4.69) is 34.9 Å². The first kappa shape index (κ1) is 19.0. The van der Waals surface area contributed by atoms with Gasteiger partial charge in [0.2, 0.25) is 0 Å². The summed E-state index contributed by atoms with van der Waals surface area (Å²) in [6.07, 6.45) is -0.156. The maximum absolute atomic E-state index is 11.3. The van der Waals surface area contributed by atoms with Crippen LogP contribution in [-0.4, -0.2) is 28.0 Å². The van der Waals surface area contributed by atoms with Crippen LogP contribution in [0.3, 0.4) is 0 Å². The summed E-state index contributed by atoms with van der Waals surface area (Å²) in [5, 5.41) is 21.6. The van der Waals surface area contributed by atoms with Gasteiger partial charge in [-0.2, -0.15) is 0 Å². The molecule has 0 aliphatic carbocycles. The monoisotopic (exact) mass is 389 g/mol. The lowest BCUT2D eigenvalue weighted by atomic mass is 10.1. The minimum Gasteiger partial charge on any atom is -0.508 e. The van der Waals surface area contributed by atoms with Gasteiger partial charge in [0.05, 0.1) is 4.92 Å². The second kappa shape index (κ2) is 7.93. The lowest BCUT2D eigenvalue weighted by Crippen LogP contribution is -2.30. The number of hydrogen-bond acceptors (Lipinski definition) is 5. The average molecular weight is 389 g/mol. The van der Waals surface area contributed by atoms with E-state index < -0.39 is 0 Å². The van der Waals surface area contributed by atoms with Crippen LogP contribution in [0.1, 0.15) is 22.9 Å². The molecular formula is C23H23N3O3. The van der Waals surface area contributed by atoms with Gasteiger partial charge in [-0.05, 0) is 36.2 Å². The zero-order chi connectivity index (χ0) is 20.4. The number of phenols is 1. The average Bonchev–Trinajstić information content (AvgIpc) is 3.13.